The molecular formula is C19H27N5. The zero-order chi connectivity index (χ0) is 17.7. The maximum Gasteiger partial charge on any atom is 0.130 e. The second-order valence-corrected chi connectivity index (χ2v) is 8.51. The summed E-state index contributed by atoms with van der Waals surface area (Å²) >= 11 is 0. The Labute approximate surface area is 144 Å². The van der Waals surface area contributed by atoms with Gasteiger partial charge in [0.1, 0.15) is 12.0 Å². The molecule has 2 aromatic rings. The number of anilines is 3. The number of nitrogens with one attached hydrogen (secondary N) is 2. The lowest BCUT2D eigenvalue weighted by Crippen LogP contribution is -2.19. The molecular weight excluding hydrogens is 298 g/mol. The molecule has 1 atom stereocenters. The summed E-state index contributed by atoms with van der Waals surface area (Å²) in [6, 6.07) is 6.21. The molecule has 0 radical (unpaired) electrons. The minimum Gasteiger partial charge on any atom is -0.383 e. The van der Waals surface area contributed by atoms with Gasteiger partial charge in [0.25, 0.3) is 0 Å². The molecule has 5 heteroatoms. The molecule has 1 aliphatic rings. The van der Waals surface area contributed by atoms with Crippen molar-refractivity contribution in [2.24, 2.45) is 0 Å². The van der Waals surface area contributed by atoms with E-state index in [-0.39, 0.29) is 17.0 Å². The van der Waals surface area contributed by atoms with Crippen LogP contribution >= 0.6 is 0 Å². The molecule has 2 aromatic heterocycles. The van der Waals surface area contributed by atoms with Gasteiger partial charge in [0.05, 0.1) is 17.6 Å². The first-order valence-corrected chi connectivity index (χ1v) is 8.36. The van der Waals surface area contributed by atoms with Gasteiger partial charge < -0.3 is 16.4 Å². The predicted molar refractivity (Wildman–Crippen MR) is 100 cm³/mol. The van der Waals surface area contributed by atoms with Crippen LogP contribution < -0.4 is 16.4 Å². The number of pyridine rings is 2. The summed E-state index contributed by atoms with van der Waals surface area (Å²) in [6.07, 6.45) is 1.80. The van der Waals surface area contributed by atoms with E-state index in [9.17, 15) is 0 Å². The van der Waals surface area contributed by atoms with E-state index in [1.165, 1.54) is 0 Å². The van der Waals surface area contributed by atoms with Crippen LogP contribution in [0.25, 0.3) is 0 Å². The van der Waals surface area contributed by atoms with E-state index in [1.54, 1.807) is 0 Å². The van der Waals surface area contributed by atoms with E-state index in [0.29, 0.717) is 5.82 Å². The number of rotatable bonds is 1. The van der Waals surface area contributed by atoms with E-state index in [1.807, 2.05) is 6.20 Å². The van der Waals surface area contributed by atoms with Gasteiger partial charge in [-0.2, -0.15) is 0 Å². The Morgan fingerprint density at radius 3 is 2.12 bits per heavy atom. The van der Waals surface area contributed by atoms with Crippen LogP contribution in [0.4, 0.5) is 17.2 Å². The molecule has 0 saturated heterocycles. The second kappa shape index (κ2) is 5.36. The Morgan fingerprint density at radius 2 is 1.54 bits per heavy atom. The smallest absolute Gasteiger partial charge is 0.130 e. The number of nitrogens with two attached hydrogens (primary N) is 1. The van der Waals surface area contributed by atoms with E-state index < -0.39 is 0 Å². The predicted octanol–water partition coefficient (Wildman–Crippen LogP) is 4.19. The molecule has 1 unspecified atom stereocenters. The third-order valence-electron chi connectivity index (χ3n) is 4.31. The monoisotopic (exact) mass is 325 g/mol. The summed E-state index contributed by atoms with van der Waals surface area (Å²) in [5.74, 6) is 0.559. The highest BCUT2D eigenvalue weighted by Crippen LogP contribution is 2.38. The molecule has 0 bridgehead atoms. The fraction of sp³-hybridized carbons (Fsp3) is 0.474. The third-order valence-corrected chi connectivity index (χ3v) is 4.31. The van der Waals surface area contributed by atoms with Gasteiger partial charge in [-0.05, 0) is 18.2 Å². The number of hydrogen-bond acceptors (Lipinski definition) is 5. The fourth-order valence-electron chi connectivity index (χ4n) is 2.75. The van der Waals surface area contributed by atoms with E-state index in [2.05, 4.69) is 80.3 Å². The van der Waals surface area contributed by atoms with Crippen molar-refractivity contribution in [2.75, 3.05) is 16.4 Å². The Balaban J connectivity index is 1.88. The molecule has 4 N–H and O–H groups in total. The fourth-order valence-corrected chi connectivity index (χ4v) is 2.75. The molecule has 0 fully saturated rings. The summed E-state index contributed by atoms with van der Waals surface area (Å²) < 4.78 is 0. The lowest BCUT2D eigenvalue weighted by atomic mass is 9.91. The molecule has 1 aliphatic heterocycles. The SMILES string of the molecule is CC(C)(C)c1cc2c(cn1)NC(c1ccc(C(C)(C)C)nc1N)N2. The first-order chi connectivity index (χ1) is 11.1. The molecule has 0 aliphatic carbocycles. The van der Waals surface area contributed by atoms with Gasteiger partial charge in [-0.15, -0.1) is 0 Å². The largest absolute Gasteiger partial charge is 0.383 e. The number of aromatic nitrogens is 2. The van der Waals surface area contributed by atoms with Crippen molar-refractivity contribution in [3.05, 3.63) is 41.3 Å². The normalized spacial score (nSPS) is 17.2. The summed E-state index contributed by atoms with van der Waals surface area (Å²) in [7, 11) is 0. The summed E-state index contributed by atoms with van der Waals surface area (Å²) in [6.45, 7) is 12.9. The first kappa shape index (κ1) is 16.6. The van der Waals surface area contributed by atoms with Gasteiger partial charge >= 0.3 is 0 Å². The van der Waals surface area contributed by atoms with Gasteiger partial charge in [-0.25, -0.2) is 4.98 Å². The van der Waals surface area contributed by atoms with Crippen LogP contribution in [0.2, 0.25) is 0 Å². The van der Waals surface area contributed by atoms with Gasteiger partial charge in [0.2, 0.25) is 0 Å². The summed E-state index contributed by atoms with van der Waals surface area (Å²) in [4.78, 5) is 9.16. The van der Waals surface area contributed by atoms with Crippen molar-refractivity contribution in [2.45, 2.75) is 58.5 Å². The van der Waals surface area contributed by atoms with Crippen LogP contribution in [-0.2, 0) is 10.8 Å². The van der Waals surface area contributed by atoms with Gasteiger partial charge in [-0.1, -0.05) is 41.5 Å². The Bertz CT molecular complexity index is 768. The number of nitrogens with zero attached hydrogens (tertiary/aromatic N) is 2. The maximum absolute atomic E-state index is 6.23. The Hall–Kier alpha value is -2.30. The van der Waals surface area contributed by atoms with Crippen LogP contribution in [0.15, 0.2) is 24.4 Å². The van der Waals surface area contributed by atoms with E-state index >= 15 is 0 Å². The van der Waals surface area contributed by atoms with Crippen molar-refractivity contribution in [1.82, 2.24) is 9.97 Å². The lowest BCUT2D eigenvalue weighted by Gasteiger charge is -2.21. The van der Waals surface area contributed by atoms with Gasteiger partial charge in [0.15, 0.2) is 0 Å². The molecule has 5 nitrogen and oxygen atoms in total. The average molecular weight is 325 g/mol. The summed E-state index contributed by atoms with van der Waals surface area (Å²) in [5, 5.41) is 6.93. The van der Waals surface area contributed by atoms with E-state index in [0.717, 1.165) is 28.3 Å². The topological polar surface area (TPSA) is 75.9 Å². The molecule has 24 heavy (non-hydrogen) atoms. The molecule has 3 heterocycles. The van der Waals surface area contributed by atoms with E-state index in [4.69, 9.17) is 5.73 Å². The second-order valence-electron chi connectivity index (χ2n) is 8.51. The molecule has 3 rings (SSSR count). The van der Waals surface area contributed by atoms with Crippen LogP contribution in [-0.4, -0.2) is 9.97 Å². The van der Waals surface area contributed by atoms with Crippen molar-refractivity contribution in [1.29, 1.82) is 0 Å². The molecule has 0 spiro atoms. The summed E-state index contributed by atoms with van der Waals surface area (Å²) in [5.41, 5.74) is 11.3. The van der Waals surface area contributed by atoms with Crippen LogP contribution in [0, 0.1) is 0 Å². The Morgan fingerprint density at radius 1 is 0.917 bits per heavy atom. The minimum absolute atomic E-state index is 0.0162. The highest BCUT2D eigenvalue weighted by atomic mass is 15.2. The molecule has 0 aromatic carbocycles. The van der Waals surface area contributed by atoms with Crippen molar-refractivity contribution in [3.63, 3.8) is 0 Å². The molecule has 128 valence electrons. The minimum atomic E-state index is -0.0847. The maximum atomic E-state index is 6.23. The average Bonchev–Trinajstić information content (AvgIpc) is 2.87. The quantitative estimate of drug-likeness (QED) is 0.733. The van der Waals surface area contributed by atoms with Crippen molar-refractivity contribution >= 4 is 17.2 Å². The lowest BCUT2D eigenvalue weighted by molar-refractivity contribution is 0.569. The van der Waals surface area contributed by atoms with Gasteiger partial charge in [0, 0.05) is 27.8 Å². The third kappa shape index (κ3) is 3.03. The number of hydrogen-bond donors (Lipinski definition) is 3. The standard InChI is InChI=1S/C19H27N5/c1-18(2,3)14-8-7-11(16(20)24-14)17-22-12-9-15(19(4,5)6)21-10-13(12)23-17/h7-10,17,22-23H,1-6H3,(H2,20,24). The van der Waals surface area contributed by atoms with Crippen LogP contribution in [0.1, 0.15) is 64.7 Å². The van der Waals surface area contributed by atoms with Crippen molar-refractivity contribution in [3.8, 4) is 0 Å². The number of fused-ring (bicyclic) bond motifs is 1. The molecule has 0 amide bonds. The Kier molecular flexibility index (Phi) is 3.70. The number of nitrogen functional groups attached to an aromatic ring is 1. The highest BCUT2D eigenvalue weighted by Gasteiger charge is 2.27. The van der Waals surface area contributed by atoms with Crippen molar-refractivity contribution < 1.29 is 0 Å². The molecule has 0 saturated carbocycles. The zero-order valence-electron chi connectivity index (χ0n) is 15.4. The van der Waals surface area contributed by atoms with Crippen LogP contribution in [0.3, 0.4) is 0 Å². The van der Waals surface area contributed by atoms with Gasteiger partial charge in [-0.3, -0.25) is 4.98 Å². The first-order valence-electron chi connectivity index (χ1n) is 8.36. The van der Waals surface area contributed by atoms with Crippen LogP contribution in [0.5, 0.6) is 0 Å². The highest BCUT2D eigenvalue weighted by molar-refractivity contribution is 5.75. The zero-order valence-corrected chi connectivity index (χ0v) is 15.4.